The maximum absolute atomic E-state index is 12.1. The van der Waals surface area contributed by atoms with Crippen molar-refractivity contribution in [2.75, 3.05) is 26.2 Å². The van der Waals surface area contributed by atoms with E-state index in [0.29, 0.717) is 19.6 Å². The summed E-state index contributed by atoms with van der Waals surface area (Å²) in [4.78, 5) is 26.0. The fourth-order valence-corrected chi connectivity index (χ4v) is 1.72. The molecular formula is C12H24N2O3. The average Bonchev–Trinajstić information content (AvgIpc) is 2.27. The van der Waals surface area contributed by atoms with Crippen LogP contribution in [0.15, 0.2) is 0 Å². The Balaban J connectivity index is 4.57. The molecule has 0 bridgehead atoms. The minimum Gasteiger partial charge on any atom is -0.480 e. The molecule has 0 unspecified atom stereocenters. The van der Waals surface area contributed by atoms with E-state index < -0.39 is 5.97 Å². The highest BCUT2D eigenvalue weighted by Gasteiger charge is 2.20. The fourth-order valence-electron chi connectivity index (χ4n) is 1.72. The molecule has 0 saturated carbocycles. The molecule has 0 saturated heterocycles. The van der Waals surface area contributed by atoms with Crippen LogP contribution in [0.5, 0.6) is 0 Å². The summed E-state index contributed by atoms with van der Waals surface area (Å²) >= 11 is 0. The second kappa shape index (κ2) is 8.84. The topological polar surface area (TPSA) is 60.9 Å². The SMILES string of the molecule is CCCN(CCC)C(=O)N(CCC)CC(=O)O. The Labute approximate surface area is 103 Å². The number of carbonyl (C=O) groups excluding carboxylic acids is 1. The van der Waals surface area contributed by atoms with Gasteiger partial charge in [-0.25, -0.2) is 4.79 Å². The molecule has 1 N–H and O–H groups in total. The predicted molar refractivity (Wildman–Crippen MR) is 67.1 cm³/mol. The van der Waals surface area contributed by atoms with Crippen molar-refractivity contribution >= 4 is 12.0 Å². The lowest BCUT2D eigenvalue weighted by Gasteiger charge is -2.29. The number of amides is 2. The van der Waals surface area contributed by atoms with E-state index in [9.17, 15) is 9.59 Å². The number of aliphatic carboxylic acids is 1. The molecule has 2 amide bonds. The Morgan fingerprint density at radius 3 is 1.65 bits per heavy atom. The molecular weight excluding hydrogens is 220 g/mol. The predicted octanol–water partition coefficient (Wildman–Crippen LogP) is 2.02. The Kier molecular flexibility index (Phi) is 8.19. The molecule has 0 aliphatic heterocycles. The number of urea groups is 1. The van der Waals surface area contributed by atoms with Gasteiger partial charge >= 0.3 is 12.0 Å². The molecule has 0 aromatic heterocycles. The van der Waals surface area contributed by atoms with Crippen LogP contribution in [0.1, 0.15) is 40.0 Å². The van der Waals surface area contributed by atoms with Crippen LogP contribution >= 0.6 is 0 Å². The van der Waals surface area contributed by atoms with Gasteiger partial charge < -0.3 is 14.9 Å². The van der Waals surface area contributed by atoms with Gasteiger partial charge in [-0.15, -0.1) is 0 Å². The van der Waals surface area contributed by atoms with Crippen LogP contribution in [0.2, 0.25) is 0 Å². The third kappa shape index (κ3) is 6.14. The van der Waals surface area contributed by atoms with E-state index in [0.717, 1.165) is 19.3 Å². The molecule has 0 aromatic carbocycles. The molecule has 100 valence electrons. The van der Waals surface area contributed by atoms with Crippen molar-refractivity contribution in [3.63, 3.8) is 0 Å². The second-order valence-electron chi connectivity index (χ2n) is 4.08. The van der Waals surface area contributed by atoms with Gasteiger partial charge in [-0.2, -0.15) is 0 Å². The first-order valence-corrected chi connectivity index (χ1v) is 6.32. The summed E-state index contributed by atoms with van der Waals surface area (Å²) in [6.45, 7) is 7.62. The maximum atomic E-state index is 12.1. The zero-order valence-corrected chi connectivity index (χ0v) is 11.1. The van der Waals surface area contributed by atoms with E-state index in [1.807, 2.05) is 20.8 Å². The molecule has 0 aliphatic rings. The number of nitrogens with zero attached hydrogens (tertiary/aromatic N) is 2. The van der Waals surface area contributed by atoms with Crippen LogP contribution < -0.4 is 0 Å². The van der Waals surface area contributed by atoms with E-state index in [2.05, 4.69) is 0 Å². The van der Waals surface area contributed by atoms with E-state index in [1.54, 1.807) is 4.90 Å². The van der Waals surface area contributed by atoms with Crippen LogP contribution in [0.25, 0.3) is 0 Å². The lowest BCUT2D eigenvalue weighted by Crippen LogP contribution is -2.46. The molecule has 5 heteroatoms. The molecule has 0 radical (unpaired) electrons. The molecule has 5 nitrogen and oxygen atoms in total. The van der Waals surface area contributed by atoms with Crippen molar-refractivity contribution in [3.8, 4) is 0 Å². The van der Waals surface area contributed by atoms with Gasteiger partial charge in [0, 0.05) is 19.6 Å². The molecule has 0 aromatic rings. The van der Waals surface area contributed by atoms with E-state index in [-0.39, 0.29) is 12.6 Å². The lowest BCUT2D eigenvalue weighted by atomic mass is 10.3. The minimum atomic E-state index is -0.959. The van der Waals surface area contributed by atoms with Gasteiger partial charge in [0.1, 0.15) is 6.54 Å². The summed E-state index contributed by atoms with van der Waals surface area (Å²) in [5.41, 5.74) is 0. The first kappa shape index (κ1) is 15.7. The number of hydrogen-bond acceptors (Lipinski definition) is 2. The van der Waals surface area contributed by atoms with Crippen molar-refractivity contribution < 1.29 is 14.7 Å². The zero-order chi connectivity index (χ0) is 13.3. The first-order valence-electron chi connectivity index (χ1n) is 6.32. The average molecular weight is 244 g/mol. The van der Waals surface area contributed by atoms with E-state index in [4.69, 9.17) is 5.11 Å². The third-order valence-corrected chi connectivity index (χ3v) is 2.35. The van der Waals surface area contributed by atoms with Crippen LogP contribution in [0.4, 0.5) is 4.79 Å². The van der Waals surface area contributed by atoms with Crippen molar-refractivity contribution in [3.05, 3.63) is 0 Å². The van der Waals surface area contributed by atoms with Crippen LogP contribution in [-0.4, -0.2) is 53.1 Å². The van der Waals surface area contributed by atoms with Crippen molar-refractivity contribution in [2.24, 2.45) is 0 Å². The summed E-state index contributed by atoms with van der Waals surface area (Å²) in [6, 6.07) is -0.155. The Hall–Kier alpha value is -1.26. The minimum absolute atomic E-state index is 0.155. The molecule has 0 aliphatic carbocycles. The zero-order valence-electron chi connectivity index (χ0n) is 11.1. The first-order chi connectivity index (χ1) is 8.06. The fraction of sp³-hybridized carbons (Fsp3) is 0.833. The number of carboxylic acids is 1. The number of carboxylic acid groups (broad SMARTS) is 1. The highest BCUT2D eigenvalue weighted by Crippen LogP contribution is 2.03. The summed E-state index contributed by atoms with van der Waals surface area (Å²) in [6.07, 6.45) is 2.54. The van der Waals surface area contributed by atoms with Gasteiger partial charge in [0.2, 0.25) is 0 Å². The normalized spacial score (nSPS) is 10.1. The quantitative estimate of drug-likeness (QED) is 0.710. The van der Waals surface area contributed by atoms with Gasteiger partial charge in [-0.1, -0.05) is 20.8 Å². The summed E-state index contributed by atoms with van der Waals surface area (Å²) in [5.74, 6) is -0.959. The Bertz CT molecular complexity index is 238. The molecule has 0 heterocycles. The molecule has 0 fully saturated rings. The summed E-state index contributed by atoms with van der Waals surface area (Å²) in [5, 5.41) is 8.79. The van der Waals surface area contributed by atoms with Crippen LogP contribution in [0, 0.1) is 0 Å². The number of hydrogen-bond donors (Lipinski definition) is 1. The molecule has 17 heavy (non-hydrogen) atoms. The Morgan fingerprint density at radius 2 is 1.29 bits per heavy atom. The number of carbonyl (C=O) groups is 2. The van der Waals surface area contributed by atoms with Crippen LogP contribution in [-0.2, 0) is 4.79 Å². The van der Waals surface area contributed by atoms with Crippen molar-refractivity contribution in [1.29, 1.82) is 0 Å². The van der Waals surface area contributed by atoms with E-state index in [1.165, 1.54) is 4.90 Å². The van der Waals surface area contributed by atoms with Gasteiger partial charge in [0.15, 0.2) is 0 Å². The standard InChI is InChI=1S/C12H24N2O3/c1-4-7-13(8-5-2)12(17)14(9-6-3)10-11(15)16/h4-10H2,1-3H3,(H,15,16). The van der Waals surface area contributed by atoms with Gasteiger partial charge in [-0.3, -0.25) is 4.79 Å². The second-order valence-corrected chi connectivity index (χ2v) is 4.08. The highest BCUT2D eigenvalue weighted by molar-refractivity contribution is 5.80. The maximum Gasteiger partial charge on any atom is 0.323 e. The highest BCUT2D eigenvalue weighted by atomic mass is 16.4. The lowest BCUT2D eigenvalue weighted by molar-refractivity contribution is -0.137. The molecule has 0 spiro atoms. The summed E-state index contributed by atoms with van der Waals surface area (Å²) in [7, 11) is 0. The van der Waals surface area contributed by atoms with E-state index >= 15 is 0 Å². The smallest absolute Gasteiger partial charge is 0.323 e. The Morgan fingerprint density at radius 1 is 0.882 bits per heavy atom. The molecule has 0 atom stereocenters. The van der Waals surface area contributed by atoms with Gasteiger partial charge in [0.25, 0.3) is 0 Å². The summed E-state index contributed by atoms with van der Waals surface area (Å²) < 4.78 is 0. The van der Waals surface area contributed by atoms with Crippen molar-refractivity contribution in [1.82, 2.24) is 9.80 Å². The third-order valence-electron chi connectivity index (χ3n) is 2.35. The monoisotopic (exact) mass is 244 g/mol. The van der Waals surface area contributed by atoms with Crippen LogP contribution in [0.3, 0.4) is 0 Å². The van der Waals surface area contributed by atoms with Gasteiger partial charge in [-0.05, 0) is 19.3 Å². The van der Waals surface area contributed by atoms with Crippen molar-refractivity contribution in [2.45, 2.75) is 40.0 Å². The largest absolute Gasteiger partial charge is 0.480 e. The number of rotatable bonds is 8. The molecule has 0 rings (SSSR count). The van der Waals surface area contributed by atoms with Gasteiger partial charge in [0.05, 0.1) is 0 Å².